The molecule has 2 aromatic carbocycles. The van der Waals surface area contributed by atoms with Crippen molar-refractivity contribution in [2.24, 2.45) is 5.92 Å². The van der Waals surface area contributed by atoms with Gasteiger partial charge in [0.05, 0.1) is 13.4 Å². The lowest BCUT2D eigenvalue weighted by molar-refractivity contribution is -0.132. The monoisotopic (exact) mass is 463 g/mol. The molecule has 2 atom stereocenters. The average Bonchev–Trinajstić information content (AvgIpc) is 3.26. The maximum Gasteiger partial charge on any atom is 0.247 e. The fourth-order valence-electron chi connectivity index (χ4n) is 5.63. The first-order chi connectivity index (χ1) is 16.0. The van der Waals surface area contributed by atoms with Gasteiger partial charge in [-0.25, -0.2) is 0 Å². The van der Waals surface area contributed by atoms with Crippen LogP contribution in [0.25, 0.3) is 27.7 Å². The number of hydrogen-bond acceptors (Lipinski definition) is 3. The van der Waals surface area contributed by atoms with E-state index in [0.29, 0.717) is 22.7 Å². The number of furan rings is 1. The van der Waals surface area contributed by atoms with Gasteiger partial charge in [-0.1, -0.05) is 36.6 Å². The van der Waals surface area contributed by atoms with Gasteiger partial charge in [-0.3, -0.25) is 4.79 Å². The van der Waals surface area contributed by atoms with Crippen molar-refractivity contribution in [3.05, 3.63) is 59.3 Å². The lowest BCUT2D eigenvalue weighted by atomic mass is 9.78. The van der Waals surface area contributed by atoms with Gasteiger partial charge in [-0.15, -0.1) is 0 Å². The fraction of sp³-hybridized carbons (Fsp3) is 0.393. The average molecular weight is 464 g/mol. The Morgan fingerprint density at radius 2 is 1.88 bits per heavy atom. The van der Waals surface area contributed by atoms with Gasteiger partial charge < -0.3 is 14.1 Å². The predicted molar refractivity (Wildman–Crippen MR) is 134 cm³/mol. The van der Waals surface area contributed by atoms with Gasteiger partial charge >= 0.3 is 0 Å². The lowest BCUT2D eigenvalue weighted by Gasteiger charge is -2.43. The predicted octanol–water partition coefficient (Wildman–Crippen LogP) is 7.35. The van der Waals surface area contributed by atoms with Crippen LogP contribution in [0, 0.1) is 5.92 Å². The summed E-state index contributed by atoms with van der Waals surface area (Å²) in [4.78, 5) is 15.5. The summed E-state index contributed by atoms with van der Waals surface area (Å²) >= 11 is 6.07. The molecule has 5 heteroatoms. The van der Waals surface area contributed by atoms with Crippen LogP contribution in [0.1, 0.15) is 51.0 Å². The molecule has 2 fully saturated rings. The molecule has 1 amide bonds. The summed E-state index contributed by atoms with van der Waals surface area (Å²) in [5, 5.41) is 1.68. The normalized spacial score (nSPS) is 21.2. The second kappa shape index (κ2) is 9.26. The van der Waals surface area contributed by atoms with E-state index in [9.17, 15) is 4.79 Å². The number of halogens is 1. The quantitative estimate of drug-likeness (QED) is 0.380. The summed E-state index contributed by atoms with van der Waals surface area (Å²) < 4.78 is 11.5. The summed E-state index contributed by atoms with van der Waals surface area (Å²) in [5.41, 5.74) is 4.59. The van der Waals surface area contributed by atoms with E-state index in [1.807, 2.05) is 37.3 Å². The van der Waals surface area contributed by atoms with Crippen molar-refractivity contribution in [1.29, 1.82) is 0 Å². The zero-order valence-electron chi connectivity index (χ0n) is 19.3. The Kier molecular flexibility index (Phi) is 6.20. The standard InChI is InChI=1S/C28H30ClNO3/c1-18(14-28(31)30-13-5-7-20-6-3-4-8-25(20)30)22-15-23-24(19-9-11-21(29)12-10-19)17-33-27(23)16-26(22)32-2/h9-12,14-17,20,25H,3-8,13H2,1-2H3/b18-14+. The highest BCUT2D eigenvalue weighted by Gasteiger charge is 2.35. The number of piperidine rings is 1. The maximum atomic E-state index is 13.3. The summed E-state index contributed by atoms with van der Waals surface area (Å²) in [5.74, 6) is 1.50. The fourth-order valence-corrected chi connectivity index (χ4v) is 5.76. The molecule has 2 unspecified atom stereocenters. The second-order valence-electron chi connectivity index (χ2n) is 9.32. The molecule has 1 aliphatic carbocycles. The third kappa shape index (κ3) is 4.29. The number of fused-ring (bicyclic) bond motifs is 2. The van der Waals surface area contributed by atoms with Crippen LogP contribution in [-0.4, -0.2) is 30.5 Å². The van der Waals surface area contributed by atoms with Gasteiger partial charge in [-0.2, -0.15) is 0 Å². The van der Waals surface area contributed by atoms with E-state index >= 15 is 0 Å². The Bertz CT molecular complexity index is 1190. The van der Waals surface area contributed by atoms with E-state index < -0.39 is 0 Å². The molecular formula is C28H30ClNO3. The van der Waals surface area contributed by atoms with E-state index in [1.165, 1.54) is 25.7 Å². The number of hydrogen-bond donors (Lipinski definition) is 0. The Labute approximate surface area is 200 Å². The highest BCUT2D eigenvalue weighted by molar-refractivity contribution is 6.30. The van der Waals surface area contributed by atoms with Crippen LogP contribution in [-0.2, 0) is 4.79 Å². The van der Waals surface area contributed by atoms with Crippen LogP contribution in [0.5, 0.6) is 5.75 Å². The minimum Gasteiger partial charge on any atom is -0.496 e. The first kappa shape index (κ1) is 22.1. The molecule has 33 heavy (non-hydrogen) atoms. The smallest absolute Gasteiger partial charge is 0.247 e. The molecule has 1 aliphatic heterocycles. The van der Waals surface area contributed by atoms with Crippen LogP contribution < -0.4 is 4.74 Å². The molecule has 2 heterocycles. The van der Waals surface area contributed by atoms with Gasteiger partial charge in [-0.05, 0) is 67.9 Å². The van der Waals surface area contributed by atoms with Crippen LogP contribution in [0.15, 0.2) is 53.2 Å². The summed E-state index contributed by atoms with van der Waals surface area (Å²) in [6.45, 7) is 2.86. The van der Waals surface area contributed by atoms with Crippen molar-refractivity contribution in [2.45, 2.75) is 51.5 Å². The van der Waals surface area contributed by atoms with Crippen LogP contribution in [0.3, 0.4) is 0 Å². The van der Waals surface area contributed by atoms with Crippen molar-refractivity contribution in [2.75, 3.05) is 13.7 Å². The van der Waals surface area contributed by atoms with E-state index in [0.717, 1.165) is 52.6 Å². The molecule has 2 aliphatic rings. The lowest BCUT2D eigenvalue weighted by Crippen LogP contribution is -2.49. The molecule has 0 N–H and O–H groups in total. The highest BCUT2D eigenvalue weighted by Crippen LogP contribution is 2.39. The van der Waals surface area contributed by atoms with E-state index in [1.54, 1.807) is 19.4 Å². The zero-order valence-corrected chi connectivity index (χ0v) is 20.0. The Morgan fingerprint density at radius 1 is 1.12 bits per heavy atom. The number of likely N-dealkylation sites (tertiary alicyclic amines) is 1. The summed E-state index contributed by atoms with van der Waals surface area (Å²) in [6, 6.07) is 12.1. The first-order valence-electron chi connectivity index (χ1n) is 11.9. The van der Waals surface area contributed by atoms with Gasteiger partial charge in [0.1, 0.15) is 11.3 Å². The number of rotatable bonds is 4. The minimum absolute atomic E-state index is 0.122. The van der Waals surface area contributed by atoms with Crippen molar-refractivity contribution in [1.82, 2.24) is 4.90 Å². The van der Waals surface area contributed by atoms with Gasteiger partial charge in [0, 0.05) is 46.3 Å². The SMILES string of the molecule is COc1cc2occ(-c3ccc(Cl)cc3)c2cc1/C(C)=C/C(=O)N1CCCC2CCCCC21. The number of allylic oxidation sites excluding steroid dienone is 1. The number of benzene rings is 2. The second-order valence-corrected chi connectivity index (χ2v) is 9.75. The van der Waals surface area contributed by atoms with E-state index in [4.69, 9.17) is 20.8 Å². The summed E-state index contributed by atoms with van der Waals surface area (Å²) in [7, 11) is 1.65. The van der Waals surface area contributed by atoms with Crippen LogP contribution in [0.4, 0.5) is 0 Å². The van der Waals surface area contributed by atoms with E-state index in [-0.39, 0.29) is 5.91 Å². The molecule has 3 aromatic rings. The topological polar surface area (TPSA) is 42.7 Å². The molecule has 0 radical (unpaired) electrons. The minimum atomic E-state index is 0.122. The van der Waals surface area contributed by atoms with Crippen molar-refractivity contribution < 1.29 is 13.9 Å². The van der Waals surface area contributed by atoms with Crippen molar-refractivity contribution in [3.63, 3.8) is 0 Å². The molecule has 172 valence electrons. The number of amides is 1. The highest BCUT2D eigenvalue weighted by atomic mass is 35.5. The molecule has 1 aromatic heterocycles. The number of ether oxygens (including phenoxy) is 1. The van der Waals surface area contributed by atoms with Crippen LogP contribution in [0.2, 0.25) is 5.02 Å². The van der Waals surface area contributed by atoms with Gasteiger partial charge in [0.15, 0.2) is 0 Å². The van der Waals surface area contributed by atoms with E-state index in [2.05, 4.69) is 11.0 Å². The number of carbonyl (C=O) groups is 1. The Hall–Kier alpha value is -2.72. The molecule has 1 saturated heterocycles. The van der Waals surface area contributed by atoms with Crippen molar-refractivity contribution in [3.8, 4) is 16.9 Å². The number of methoxy groups -OCH3 is 1. The molecule has 1 saturated carbocycles. The largest absolute Gasteiger partial charge is 0.496 e. The third-order valence-corrected chi connectivity index (χ3v) is 7.59. The zero-order chi connectivity index (χ0) is 22.9. The Balaban J connectivity index is 1.49. The first-order valence-corrected chi connectivity index (χ1v) is 12.3. The van der Waals surface area contributed by atoms with Crippen molar-refractivity contribution >= 4 is 34.1 Å². The summed E-state index contributed by atoms with van der Waals surface area (Å²) in [6.07, 6.45) is 10.8. The number of nitrogens with zero attached hydrogens (tertiary/aromatic N) is 1. The maximum absolute atomic E-state index is 13.3. The molecular weight excluding hydrogens is 434 g/mol. The molecule has 0 spiro atoms. The van der Waals surface area contributed by atoms with Gasteiger partial charge in [0.25, 0.3) is 0 Å². The van der Waals surface area contributed by atoms with Gasteiger partial charge in [0.2, 0.25) is 5.91 Å². The molecule has 0 bridgehead atoms. The third-order valence-electron chi connectivity index (χ3n) is 7.34. The van der Waals surface area contributed by atoms with Crippen LogP contribution >= 0.6 is 11.6 Å². The Morgan fingerprint density at radius 3 is 2.67 bits per heavy atom. The molecule has 4 nitrogen and oxygen atoms in total. The number of carbonyl (C=O) groups excluding carboxylic acids is 1. The molecule has 5 rings (SSSR count).